The zero-order valence-corrected chi connectivity index (χ0v) is 8.26. The van der Waals surface area contributed by atoms with Crippen molar-refractivity contribution in [2.75, 3.05) is 19.7 Å². The summed E-state index contributed by atoms with van der Waals surface area (Å²) in [6.45, 7) is 0.234. The zero-order chi connectivity index (χ0) is 11.5. The molecular formula is C9H14F3NO2. The first-order chi connectivity index (χ1) is 6.95. The molecule has 6 heteroatoms. The van der Waals surface area contributed by atoms with Crippen LogP contribution in [0.5, 0.6) is 0 Å². The average molecular weight is 225 g/mol. The van der Waals surface area contributed by atoms with Crippen LogP contribution < -0.4 is 0 Å². The van der Waals surface area contributed by atoms with E-state index < -0.39 is 12.1 Å². The van der Waals surface area contributed by atoms with Gasteiger partial charge in [0, 0.05) is 19.7 Å². The van der Waals surface area contributed by atoms with Crippen LogP contribution in [0, 0.1) is 5.92 Å². The standard InChI is InChI=1S/C9H14F3NO2/c10-9(11,12)8(15)13-4-1-2-7(6-13)3-5-14/h7,14H,1-6H2. The normalized spacial score (nSPS) is 22.9. The Bertz CT molecular complexity index is 228. The maximum atomic E-state index is 12.1. The minimum atomic E-state index is -4.78. The number of carbonyl (C=O) groups is 1. The summed E-state index contributed by atoms with van der Waals surface area (Å²) in [5.74, 6) is -1.76. The molecule has 0 saturated carbocycles. The van der Waals surface area contributed by atoms with Gasteiger partial charge in [0.15, 0.2) is 0 Å². The SMILES string of the molecule is O=C(N1CCCC(CCO)C1)C(F)(F)F. The van der Waals surface area contributed by atoms with Gasteiger partial charge in [-0.2, -0.15) is 13.2 Å². The van der Waals surface area contributed by atoms with Gasteiger partial charge in [0.2, 0.25) is 0 Å². The molecule has 0 aromatic rings. The first-order valence-corrected chi connectivity index (χ1v) is 4.92. The summed E-state index contributed by atoms with van der Waals surface area (Å²) in [5, 5.41) is 8.68. The van der Waals surface area contributed by atoms with Gasteiger partial charge >= 0.3 is 12.1 Å². The average Bonchev–Trinajstić information content (AvgIpc) is 2.16. The lowest BCUT2D eigenvalue weighted by molar-refractivity contribution is -0.187. The number of rotatable bonds is 2. The van der Waals surface area contributed by atoms with Crippen molar-refractivity contribution in [1.82, 2.24) is 4.90 Å². The highest BCUT2D eigenvalue weighted by atomic mass is 19.4. The van der Waals surface area contributed by atoms with Gasteiger partial charge in [0.25, 0.3) is 0 Å². The van der Waals surface area contributed by atoms with E-state index in [1.807, 2.05) is 0 Å². The molecule has 1 aliphatic rings. The van der Waals surface area contributed by atoms with Crippen LogP contribution in [-0.4, -0.2) is 41.8 Å². The third-order valence-electron chi connectivity index (χ3n) is 2.59. The van der Waals surface area contributed by atoms with E-state index in [0.717, 1.165) is 11.3 Å². The zero-order valence-electron chi connectivity index (χ0n) is 8.26. The number of hydrogen-bond donors (Lipinski definition) is 1. The number of nitrogens with zero attached hydrogens (tertiary/aromatic N) is 1. The first-order valence-electron chi connectivity index (χ1n) is 4.92. The van der Waals surface area contributed by atoms with Crippen LogP contribution in [0.1, 0.15) is 19.3 Å². The van der Waals surface area contributed by atoms with Crippen LogP contribution in [0.15, 0.2) is 0 Å². The number of piperidine rings is 1. The maximum Gasteiger partial charge on any atom is 0.471 e. The summed E-state index contributed by atoms with van der Waals surface area (Å²) in [6.07, 6.45) is -2.96. The Hall–Kier alpha value is -0.780. The van der Waals surface area contributed by atoms with Gasteiger partial charge in [-0.1, -0.05) is 0 Å². The second-order valence-corrected chi connectivity index (χ2v) is 3.77. The Morgan fingerprint density at radius 2 is 2.13 bits per heavy atom. The highest BCUT2D eigenvalue weighted by Crippen LogP contribution is 2.24. The van der Waals surface area contributed by atoms with E-state index in [4.69, 9.17) is 5.11 Å². The Morgan fingerprint density at radius 1 is 1.47 bits per heavy atom. The molecule has 1 atom stereocenters. The lowest BCUT2D eigenvalue weighted by Gasteiger charge is -2.32. The molecule has 3 nitrogen and oxygen atoms in total. The topological polar surface area (TPSA) is 40.5 Å². The Kier molecular flexibility index (Phi) is 3.96. The Morgan fingerprint density at radius 3 is 2.67 bits per heavy atom. The number of halogens is 3. The number of amides is 1. The molecule has 15 heavy (non-hydrogen) atoms. The summed E-state index contributed by atoms with van der Waals surface area (Å²) < 4.78 is 36.3. The molecule has 0 radical (unpaired) electrons. The summed E-state index contributed by atoms with van der Waals surface area (Å²) in [5.41, 5.74) is 0. The van der Waals surface area contributed by atoms with E-state index in [1.165, 1.54) is 0 Å². The van der Waals surface area contributed by atoms with Crippen molar-refractivity contribution < 1.29 is 23.1 Å². The second kappa shape index (κ2) is 4.83. The number of aliphatic hydroxyl groups is 1. The fraction of sp³-hybridized carbons (Fsp3) is 0.889. The Labute approximate surface area is 85.9 Å². The molecular weight excluding hydrogens is 211 g/mol. The van der Waals surface area contributed by atoms with Gasteiger partial charge in [-0.15, -0.1) is 0 Å². The molecule has 0 spiro atoms. The molecule has 1 heterocycles. The lowest BCUT2D eigenvalue weighted by Crippen LogP contribution is -2.46. The fourth-order valence-corrected chi connectivity index (χ4v) is 1.85. The minimum Gasteiger partial charge on any atom is -0.396 e. The summed E-state index contributed by atoms with van der Waals surface area (Å²) in [4.78, 5) is 11.7. The van der Waals surface area contributed by atoms with Crippen LogP contribution in [0.4, 0.5) is 13.2 Å². The van der Waals surface area contributed by atoms with Crippen molar-refractivity contribution in [3.05, 3.63) is 0 Å². The monoisotopic (exact) mass is 225 g/mol. The molecule has 0 aromatic heterocycles. The summed E-state index contributed by atoms with van der Waals surface area (Å²) in [7, 11) is 0. The number of hydrogen-bond acceptors (Lipinski definition) is 2. The number of likely N-dealkylation sites (tertiary alicyclic amines) is 1. The summed E-state index contributed by atoms with van der Waals surface area (Å²) in [6, 6.07) is 0. The molecule has 0 bridgehead atoms. The molecule has 1 N–H and O–H groups in total. The predicted molar refractivity (Wildman–Crippen MR) is 47.1 cm³/mol. The lowest BCUT2D eigenvalue weighted by atomic mass is 9.95. The molecule has 0 aliphatic carbocycles. The van der Waals surface area contributed by atoms with E-state index in [2.05, 4.69) is 0 Å². The van der Waals surface area contributed by atoms with Gasteiger partial charge in [-0.3, -0.25) is 4.79 Å². The van der Waals surface area contributed by atoms with Crippen molar-refractivity contribution in [3.8, 4) is 0 Å². The molecule has 1 aliphatic heterocycles. The van der Waals surface area contributed by atoms with Gasteiger partial charge in [-0.25, -0.2) is 0 Å². The van der Waals surface area contributed by atoms with Crippen LogP contribution in [0.25, 0.3) is 0 Å². The van der Waals surface area contributed by atoms with Crippen LogP contribution in [0.2, 0.25) is 0 Å². The third-order valence-corrected chi connectivity index (χ3v) is 2.59. The maximum absolute atomic E-state index is 12.1. The van der Waals surface area contributed by atoms with E-state index >= 15 is 0 Å². The van der Waals surface area contributed by atoms with Gasteiger partial charge in [0.1, 0.15) is 0 Å². The fourth-order valence-electron chi connectivity index (χ4n) is 1.85. The predicted octanol–water partition coefficient (Wildman–Crippen LogP) is 1.17. The van der Waals surface area contributed by atoms with E-state index in [1.54, 1.807) is 0 Å². The first kappa shape index (κ1) is 12.3. The van der Waals surface area contributed by atoms with Crippen molar-refractivity contribution in [3.63, 3.8) is 0 Å². The molecule has 88 valence electrons. The minimum absolute atomic E-state index is 0.00458. The van der Waals surface area contributed by atoms with Gasteiger partial charge < -0.3 is 10.0 Å². The molecule has 1 saturated heterocycles. The van der Waals surface area contributed by atoms with Crippen molar-refractivity contribution in [2.24, 2.45) is 5.92 Å². The van der Waals surface area contributed by atoms with Crippen molar-refractivity contribution >= 4 is 5.91 Å². The van der Waals surface area contributed by atoms with Crippen molar-refractivity contribution in [1.29, 1.82) is 0 Å². The molecule has 1 amide bonds. The van der Waals surface area contributed by atoms with E-state index in [-0.39, 0.29) is 25.6 Å². The van der Waals surface area contributed by atoms with Gasteiger partial charge in [0.05, 0.1) is 0 Å². The largest absolute Gasteiger partial charge is 0.471 e. The van der Waals surface area contributed by atoms with E-state index in [0.29, 0.717) is 12.8 Å². The van der Waals surface area contributed by atoms with Crippen LogP contribution >= 0.6 is 0 Å². The molecule has 0 aromatic carbocycles. The Balaban J connectivity index is 2.52. The molecule has 1 unspecified atom stereocenters. The highest BCUT2D eigenvalue weighted by molar-refractivity contribution is 5.81. The van der Waals surface area contributed by atoms with E-state index in [9.17, 15) is 18.0 Å². The second-order valence-electron chi connectivity index (χ2n) is 3.77. The van der Waals surface area contributed by atoms with Crippen LogP contribution in [0.3, 0.4) is 0 Å². The number of carbonyl (C=O) groups excluding carboxylic acids is 1. The number of alkyl halides is 3. The summed E-state index contributed by atoms with van der Waals surface area (Å²) >= 11 is 0. The quantitative estimate of drug-likeness (QED) is 0.766. The smallest absolute Gasteiger partial charge is 0.396 e. The number of aliphatic hydroxyl groups excluding tert-OH is 1. The van der Waals surface area contributed by atoms with Crippen molar-refractivity contribution in [2.45, 2.75) is 25.4 Å². The third kappa shape index (κ3) is 3.37. The molecule has 1 rings (SSSR count). The highest BCUT2D eigenvalue weighted by Gasteiger charge is 2.43. The van der Waals surface area contributed by atoms with Gasteiger partial charge in [-0.05, 0) is 25.2 Å². The van der Waals surface area contributed by atoms with Crippen LogP contribution in [-0.2, 0) is 4.79 Å². The molecule has 1 fully saturated rings.